The van der Waals surface area contributed by atoms with Crippen molar-refractivity contribution < 1.29 is 17.9 Å². The van der Waals surface area contributed by atoms with E-state index in [4.69, 9.17) is 10.5 Å². The van der Waals surface area contributed by atoms with Gasteiger partial charge in [0.2, 0.25) is 0 Å². The van der Waals surface area contributed by atoms with Crippen LogP contribution >= 0.6 is 0 Å². The maximum Gasteiger partial charge on any atom is 0.389 e. The van der Waals surface area contributed by atoms with Crippen molar-refractivity contribution in [2.45, 2.75) is 25.6 Å². The Bertz CT molecular complexity index is 584. The van der Waals surface area contributed by atoms with Crippen molar-refractivity contribution in [1.29, 1.82) is 0 Å². The van der Waals surface area contributed by atoms with Gasteiger partial charge in [-0.05, 0) is 24.6 Å². The molecule has 0 spiro atoms. The van der Waals surface area contributed by atoms with Gasteiger partial charge in [0, 0.05) is 35.9 Å². The molecule has 108 valence electrons. The van der Waals surface area contributed by atoms with Gasteiger partial charge in [0.15, 0.2) is 0 Å². The third-order valence-electron chi connectivity index (χ3n) is 2.89. The molecule has 0 radical (unpaired) electrons. The number of benzene rings is 1. The van der Waals surface area contributed by atoms with Crippen molar-refractivity contribution in [2.24, 2.45) is 0 Å². The van der Waals surface area contributed by atoms with E-state index in [0.29, 0.717) is 5.69 Å². The van der Waals surface area contributed by atoms with E-state index in [1.54, 1.807) is 24.4 Å². The Balaban J connectivity index is 1.95. The second kappa shape index (κ2) is 6.09. The lowest BCUT2D eigenvalue weighted by Gasteiger charge is -2.09. The third-order valence-corrected chi connectivity index (χ3v) is 2.89. The molecule has 2 N–H and O–H groups in total. The number of alkyl halides is 3. The predicted molar refractivity (Wildman–Crippen MR) is 71.1 cm³/mol. The average Bonchev–Trinajstić information content (AvgIpc) is 2.40. The zero-order valence-electron chi connectivity index (χ0n) is 10.8. The second-order valence-corrected chi connectivity index (χ2v) is 4.48. The maximum absolute atomic E-state index is 12.0. The molecule has 0 saturated heterocycles. The van der Waals surface area contributed by atoms with Crippen LogP contribution in [0, 0.1) is 0 Å². The van der Waals surface area contributed by atoms with Gasteiger partial charge in [-0.1, -0.05) is 6.07 Å². The average molecular weight is 284 g/mol. The van der Waals surface area contributed by atoms with Crippen LogP contribution in [0.4, 0.5) is 18.9 Å². The Labute approximate surface area is 114 Å². The Morgan fingerprint density at radius 2 is 2.00 bits per heavy atom. The summed E-state index contributed by atoms with van der Waals surface area (Å²) in [6.07, 6.45) is -3.34. The van der Waals surface area contributed by atoms with Crippen molar-refractivity contribution >= 4 is 16.6 Å². The highest BCUT2D eigenvalue weighted by Gasteiger charge is 2.25. The minimum atomic E-state index is -4.13. The summed E-state index contributed by atoms with van der Waals surface area (Å²) in [5.41, 5.74) is 8.01. The summed E-state index contributed by atoms with van der Waals surface area (Å²) >= 11 is 0. The zero-order chi connectivity index (χ0) is 14.6. The molecule has 0 saturated carbocycles. The molecule has 6 heteroatoms. The van der Waals surface area contributed by atoms with Gasteiger partial charge in [0.1, 0.15) is 0 Å². The van der Waals surface area contributed by atoms with Crippen molar-refractivity contribution in [1.82, 2.24) is 4.98 Å². The molecule has 0 atom stereocenters. The van der Waals surface area contributed by atoms with Gasteiger partial charge >= 0.3 is 6.18 Å². The van der Waals surface area contributed by atoms with Crippen LogP contribution in [0.3, 0.4) is 0 Å². The fraction of sp³-hybridized carbons (Fsp3) is 0.357. The zero-order valence-corrected chi connectivity index (χ0v) is 10.8. The van der Waals surface area contributed by atoms with E-state index in [0.717, 1.165) is 16.5 Å². The lowest BCUT2D eigenvalue weighted by atomic mass is 10.1. The topological polar surface area (TPSA) is 48.1 Å². The van der Waals surface area contributed by atoms with Gasteiger partial charge < -0.3 is 10.5 Å². The number of nitrogens with two attached hydrogens (primary N) is 1. The lowest BCUT2D eigenvalue weighted by Crippen LogP contribution is -2.08. The molecule has 0 aliphatic rings. The SMILES string of the molecule is Nc1ccc(COCCCC(F)(F)F)c2ncccc12. The van der Waals surface area contributed by atoms with Crippen molar-refractivity contribution in [3.05, 3.63) is 36.0 Å². The highest BCUT2D eigenvalue weighted by atomic mass is 19.4. The summed E-state index contributed by atoms with van der Waals surface area (Å²) in [5.74, 6) is 0. The molecule has 0 aliphatic carbocycles. The Kier molecular flexibility index (Phi) is 4.44. The first-order valence-electron chi connectivity index (χ1n) is 6.24. The molecular weight excluding hydrogens is 269 g/mol. The Morgan fingerprint density at radius 3 is 2.75 bits per heavy atom. The first-order chi connectivity index (χ1) is 9.47. The van der Waals surface area contributed by atoms with Crippen LogP contribution in [0.5, 0.6) is 0 Å². The lowest BCUT2D eigenvalue weighted by molar-refractivity contribution is -0.138. The van der Waals surface area contributed by atoms with E-state index >= 15 is 0 Å². The number of hydrogen-bond donors (Lipinski definition) is 1. The summed E-state index contributed by atoms with van der Waals surface area (Å²) < 4.78 is 41.2. The van der Waals surface area contributed by atoms with Crippen LogP contribution in [0.1, 0.15) is 18.4 Å². The van der Waals surface area contributed by atoms with Gasteiger partial charge in [-0.2, -0.15) is 13.2 Å². The molecule has 0 bridgehead atoms. The highest BCUT2D eigenvalue weighted by molar-refractivity contribution is 5.92. The van der Waals surface area contributed by atoms with Crippen LogP contribution in [0.15, 0.2) is 30.5 Å². The molecule has 2 aromatic rings. The van der Waals surface area contributed by atoms with Crippen LogP contribution < -0.4 is 5.73 Å². The number of halogens is 3. The molecule has 3 nitrogen and oxygen atoms in total. The van der Waals surface area contributed by atoms with Crippen LogP contribution in [-0.2, 0) is 11.3 Å². The quantitative estimate of drug-likeness (QED) is 0.673. The van der Waals surface area contributed by atoms with Gasteiger partial charge in [0.25, 0.3) is 0 Å². The fourth-order valence-corrected chi connectivity index (χ4v) is 1.93. The summed E-state index contributed by atoms with van der Waals surface area (Å²) in [5, 5.41) is 0.823. The molecule has 1 aromatic heterocycles. The molecule has 2 rings (SSSR count). The molecule has 0 fully saturated rings. The largest absolute Gasteiger partial charge is 0.398 e. The van der Waals surface area contributed by atoms with E-state index in [2.05, 4.69) is 4.98 Å². The molecule has 0 amide bonds. The number of fused-ring (bicyclic) bond motifs is 1. The van der Waals surface area contributed by atoms with E-state index < -0.39 is 12.6 Å². The van der Waals surface area contributed by atoms with Gasteiger partial charge in [-0.25, -0.2) is 0 Å². The van der Waals surface area contributed by atoms with Crippen molar-refractivity contribution in [3.8, 4) is 0 Å². The van der Waals surface area contributed by atoms with Gasteiger partial charge in [-0.15, -0.1) is 0 Å². The number of aromatic nitrogens is 1. The number of nitrogen functional groups attached to an aromatic ring is 1. The van der Waals surface area contributed by atoms with Crippen LogP contribution in [-0.4, -0.2) is 17.8 Å². The normalized spacial score (nSPS) is 11.9. The maximum atomic E-state index is 12.0. The number of nitrogens with zero attached hydrogens (tertiary/aromatic N) is 1. The molecule has 0 unspecified atom stereocenters. The number of ether oxygens (including phenoxy) is 1. The predicted octanol–water partition coefficient (Wildman–Crippen LogP) is 3.68. The van der Waals surface area contributed by atoms with Crippen molar-refractivity contribution in [3.63, 3.8) is 0 Å². The van der Waals surface area contributed by atoms with E-state index in [1.165, 1.54) is 0 Å². The standard InChI is InChI=1S/C14H15F3N2O/c15-14(16,17)6-2-8-20-9-10-4-5-12(18)11-3-1-7-19-13(10)11/h1,3-5,7H,2,6,8-9,18H2. The van der Waals surface area contributed by atoms with Gasteiger partial charge in [-0.3, -0.25) is 4.98 Å². The minimum absolute atomic E-state index is 0.0379. The minimum Gasteiger partial charge on any atom is -0.398 e. The molecule has 1 heterocycles. The van der Waals surface area contributed by atoms with Crippen molar-refractivity contribution in [2.75, 3.05) is 12.3 Å². The Hall–Kier alpha value is -1.82. The monoisotopic (exact) mass is 284 g/mol. The van der Waals surface area contributed by atoms with E-state index in [1.807, 2.05) is 6.07 Å². The summed E-state index contributed by atoms with van der Waals surface area (Å²) in [4.78, 5) is 4.24. The van der Waals surface area contributed by atoms with E-state index in [9.17, 15) is 13.2 Å². The van der Waals surface area contributed by atoms with Crippen LogP contribution in [0.25, 0.3) is 10.9 Å². The number of hydrogen-bond acceptors (Lipinski definition) is 3. The van der Waals surface area contributed by atoms with E-state index in [-0.39, 0.29) is 19.6 Å². The first kappa shape index (κ1) is 14.6. The fourth-order valence-electron chi connectivity index (χ4n) is 1.93. The number of pyridine rings is 1. The number of rotatable bonds is 5. The Morgan fingerprint density at radius 1 is 1.20 bits per heavy atom. The first-order valence-corrected chi connectivity index (χ1v) is 6.24. The van der Waals surface area contributed by atoms with Crippen LogP contribution in [0.2, 0.25) is 0 Å². The van der Waals surface area contributed by atoms with Gasteiger partial charge in [0.05, 0.1) is 12.1 Å². The highest BCUT2D eigenvalue weighted by Crippen LogP contribution is 2.24. The molecule has 1 aromatic carbocycles. The molecule has 20 heavy (non-hydrogen) atoms. The molecular formula is C14H15F3N2O. The third kappa shape index (κ3) is 3.84. The number of anilines is 1. The summed E-state index contributed by atoms with van der Waals surface area (Å²) in [7, 11) is 0. The molecule has 0 aliphatic heterocycles. The smallest absolute Gasteiger partial charge is 0.389 e. The summed E-state index contributed by atoms with van der Waals surface area (Å²) in [6.45, 7) is 0.295. The second-order valence-electron chi connectivity index (χ2n) is 4.48. The summed E-state index contributed by atoms with van der Waals surface area (Å²) in [6, 6.07) is 7.17.